The van der Waals surface area contributed by atoms with Gasteiger partial charge in [-0.2, -0.15) is 0 Å². The number of hydrogen-bond acceptors (Lipinski definition) is 4. The third-order valence-electron chi connectivity index (χ3n) is 1.60. The van der Waals surface area contributed by atoms with Gasteiger partial charge < -0.3 is 14.9 Å². The number of aliphatic hydroxyl groups is 2. The van der Waals surface area contributed by atoms with Crippen molar-refractivity contribution < 1.29 is 19.7 Å². The van der Waals surface area contributed by atoms with Gasteiger partial charge in [0.15, 0.2) is 5.78 Å². The maximum atomic E-state index is 10.8. The number of carbonyl (C=O) groups excluding carboxylic acids is 1. The molecule has 1 aliphatic heterocycles. The van der Waals surface area contributed by atoms with E-state index in [0.717, 1.165) is 0 Å². The summed E-state index contributed by atoms with van der Waals surface area (Å²) in [6.07, 6.45) is -2.35. The van der Waals surface area contributed by atoms with Gasteiger partial charge in [-0.3, -0.25) is 4.79 Å². The van der Waals surface area contributed by atoms with Crippen molar-refractivity contribution in [1.29, 1.82) is 0 Å². The molecule has 0 amide bonds. The van der Waals surface area contributed by atoms with Crippen LogP contribution in [-0.4, -0.2) is 40.9 Å². The van der Waals surface area contributed by atoms with E-state index in [0.29, 0.717) is 0 Å². The van der Waals surface area contributed by atoms with Crippen LogP contribution in [0.5, 0.6) is 0 Å². The van der Waals surface area contributed by atoms with Crippen LogP contribution in [0.3, 0.4) is 0 Å². The Hall–Kier alpha value is -0.450. The lowest BCUT2D eigenvalue weighted by atomic mass is 10.1. The molecule has 4 heteroatoms. The standard InChI is InChI=1S/C6H10O4/c1-3-5(8)6(9)4(2-7)10-3/h3-5,7-8H,2H2,1H3/t3-,4+,5?/m0/s1. The van der Waals surface area contributed by atoms with E-state index in [-0.39, 0.29) is 6.61 Å². The van der Waals surface area contributed by atoms with E-state index in [4.69, 9.17) is 14.9 Å². The SMILES string of the molecule is C[C@@H]1O[C@H](CO)C(=O)C1O. The molecule has 0 aromatic rings. The average molecular weight is 146 g/mol. The van der Waals surface area contributed by atoms with Crippen LogP contribution in [0.15, 0.2) is 0 Å². The largest absolute Gasteiger partial charge is 0.393 e. The molecule has 58 valence electrons. The van der Waals surface area contributed by atoms with Crippen LogP contribution >= 0.6 is 0 Å². The van der Waals surface area contributed by atoms with Crippen LogP contribution in [0.2, 0.25) is 0 Å². The zero-order valence-corrected chi connectivity index (χ0v) is 5.65. The second-order valence-electron chi connectivity index (χ2n) is 2.36. The smallest absolute Gasteiger partial charge is 0.194 e. The minimum absolute atomic E-state index is 0.347. The zero-order valence-electron chi connectivity index (χ0n) is 5.65. The first-order valence-corrected chi connectivity index (χ1v) is 3.15. The van der Waals surface area contributed by atoms with E-state index in [1.54, 1.807) is 6.92 Å². The Kier molecular flexibility index (Phi) is 2.03. The number of hydrogen-bond donors (Lipinski definition) is 2. The quantitative estimate of drug-likeness (QED) is 0.482. The second kappa shape index (κ2) is 2.65. The Morgan fingerprint density at radius 3 is 2.50 bits per heavy atom. The first kappa shape index (κ1) is 7.65. The van der Waals surface area contributed by atoms with Crippen molar-refractivity contribution >= 4 is 5.78 Å². The number of ether oxygens (including phenoxy) is 1. The molecule has 1 aliphatic rings. The minimum Gasteiger partial charge on any atom is -0.393 e. The Bertz CT molecular complexity index is 145. The van der Waals surface area contributed by atoms with Crippen LogP contribution < -0.4 is 0 Å². The van der Waals surface area contributed by atoms with Gasteiger partial charge in [-0.05, 0) is 6.92 Å². The molecule has 3 atom stereocenters. The van der Waals surface area contributed by atoms with Crippen molar-refractivity contribution in [3.63, 3.8) is 0 Å². The summed E-state index contributed by atoms with van der Waals surface area (Å²) < 4.78 is 4.89. The molecular weight excluding hydrogens is 136 g/mol. The maximum Gasteiger partial charge on any atom is 0.194 e. The van der Waals surface area contributed by atoms with Gasteiger partial charge in [0.1, 0.15) is 12.2 Å². The van der Waals surface area contributed by atoms with Gasteiger partial charge >= 0.3 is 0 Å². The summed E-state index contributed by atoms with van der Waals surface area (Å²) >= 11 is 0. The van der Waals surface area contributed by atoms with E-state index < -0.39 is 24.1 Å². The molecule has 0 spiro atoms. The molecule has 1 saturated heterocycles. The molecule has 0 aromatic carbocycles. The molecule has 1 rings (SSSR count). The first-order valence-electron chi connectivity index (χ1n) is 3.15. The number of ketones is 1. The van der Waals surface area contributed by atoms with Crippen molar-refractivity contribution in [3.05, 3.63) is 0 Å². The fraction of sp³-hybridized carbons (Fsp3) is 0.833. The number of aliphatic hydroxyl groups excluding tert-OH is 2. The molecule has 0 bridgehead atoms. The molecule has 1 fully saturated rings. The summed E-state index contributed by atoms with van der Waals surface area (Å²) in [7, 11) is 0. The van der Waals surface area contributed by atoms with Gasteiger partial charge in [-0.25, -0.2) is 0 Å². The van der Waals surface area contributed by atoms with E-state index in [2.05, 4.69) is 0 Å². The molecule has 0 radical (unpaired) electrons. The van der Waals surface area contributed by atoms with Crippen molar-refractivity contribution in [1.82, 2.24) is 0 Å². The fourth-order valence-corrected chi connectivity index (χ4v) is 0.955. The lowest BCUT2D eigenvalue weighted by Crippen LogP contribution is -2.27. The summed E-state index contributed by atoms with van der Waals surface area (Å²) in [5.41, 5.74) is 0. The lowest BCUT2D eigenvalue weighted by molar-refractivity contribution is -0.128. The highest BCUT2D eigenvalue weighted by atomic mass is 16.5. The van der Waals surface area contributed by atoms with Crippen molar-refractivity contribution in [2.45, 2.75) is 25.2 Å². The predicted molar refractivity (Wildman–Crippen MR) is 32.4 cm³/mol. The molecule has 1 unspecified atom stereocenters. The predicted octanol–water partition coefficient (Wildman–Crippen LogP) is -1.30. The molecular formula is C6H10O4. The van der Waals surface area contributed by atoms with Crippen molar-refractivity contribution in [2.75, 3.05) is 6.61 Å². The molecule has 10 heavy (non-hydrogen) atoms. The summed E-state index contributed by atoms with van der Waals surface area (Å²) in [6, 6.07) is 0. The van der Waals surface area contributed by atoms with Gasteiger partial charge in [-0.15, -0.1) is 0 Å². The normalized spacial score (nSPS) is 40.7. The number of rotatable bonds is 1. The van der Waals surface area contributed by atoms with E-state index in [1.165, 1.54) is 0 Å². The average Bonchev–Trinajstić information content (AvgIpc) is 2.17. The summed E-state index contributed by atoms with van der Waals surface area (Å²) in [5, 5.41) is 17.5. The zero-order chi connectivity index (χ0) is 7.72. The first-order chi connectivity index (χ1) is 4.66. The Morgan fingerprint density at radius 2 is 2.30 bits per heavy atom. The van der Waals surface area contributed by atoms with Crippen LogP contribution in [0.25, 0.3) is 0 Å². The molecule has 1 heterocycles. The maximum absolute atomic E-state index is 10.8. The topological polar surface area (TPSA) is 66.8 Å². The van der Waals surface area contributed by atoms with Gasteiger partial charge in [-0.1, -0.05) is 0 Å². The van der Waals surface area contributed by atoms with Gasteiger partial charge in [0.2, 0.25) is 0 Å². The number of Topliss-reactive ketones (excluding diaryl/α,β-unsaturated/α-hetero) is 1. The highest BCUT2D eigenvalue weighted by Gasteiger charge is 2.38. The summed E-state index contributed by atoms with van der Waals surface area (Å²) in [6.45, 7) is 1.25. The summed E-state index contributed by atoms with van der Waals surface area (Å²) in [4.78, 5) is 10.8. The summed E-state index contributed by atoms with van der Waals surface area (Å²) in [5.74, 6) is -0.421. The second-order valence-corrected chi connectivity index (χ2v) is 2.36. The van der Waals surface area contributed by atoms with Crippen LogP contribution in [0.4, 0.5) is 0 Å². The van der Waals surface area contributed by atoms with Crippen molar-refractivity contribution in [3.8, 4) is 0 Å². The van der Waals surface area contributed by atoms with Crippen molar-refractivity contribution in [2.24, 2.45) is 0 Å². The number of carbonyl (C=O) groups is 1. The highest BCUT2D eigenvalue weighted by molar-refractivity contribution is 5.89. The molecule has 0 aromatic heterocycles. The van der Waals surface area contributed by atoms with E-state index in [1.807, 2.05) is 0 Å². The third kappa shape index (κ3) is 1.05. The molecule has 0 saturated carbocycles. The van der Waals surface area contributed by atoms with E-state index in [9.17, 15) is 4.79 Å². The van der Waals surface area contributed by atoms with Gasteiger partial charge in [0.05, 0.1) is 12.7 Å². The lowest BCUT2D eigenvalue weighted by Gasteiger charge is -2.03. The Labute approximate surface area is 58.4 Å². The van der Waals surface area contributed by atoms with Gasteiger partial charge in [0, 0.05) is 0 Å². The van der Waals surface area contributed by atoms with Crippen LogP contribution in [-0.2, 0) is 9.53 Å². The molecule has 2 N–H and O–H groups in total. The third-order valence-corrected chi connectivity index (χ3v) is 1.60. The minimum atomic E-state index is -1.06. The Morgan fingerprint density at radius 1 is 1.70 bits per heavy atom. The fourth-order valence-electron chi connectivity index (χ4n) is 0.955. The van der Waals surface area contributed by atoms with Gasteiger partial charge in [0.25, 0.3) is 0 Å². The van der Waals surface area contributed by atoms with E-state index >= 15 is 0 Å². The monoisotopic (exact) mass is 146 g/mol. The van der Waals surface area contributed by atoms with Crippen LogP contribution in [0, 0.1) is 0 Å². The molecule has 0 aliphatic carbocycles. The Balaban J connectivity index is 2.62. The highest BCUT2D eigenvalue weighted by Crippen LogP contribution is 2.15. The van der Waals surface area contributed by atoms with Crippen LogP contribution in [0.1, 0.15) is 6.92 Å². The molecule has 4 nitrogen and oxygen atoms in total.